The number of rotatable bonds is 6. The Kier molecular flexibility index (Phi) is 4.11. The summed E-state index contributed by atoms with van der Waals surface area (Å²) in [6.07, 6.45) is 2.31. The fraction of sp³-hybridized carbons (Fsp3) is 0.917. The lowest BCUT2D eigenvalue weighted by atomic mass is 10.0. The van der Waals surface area contributed by atoms with Gasteiger partial charge in [-0.2, -0.15) is 0 Å². The highest BCUT2D eigenvalue weighted by molar-refractivity contribution is 5.82. The highest BCUT2D eigenvalue weighted by Gasteiger charge is 2.33. The average molecular weight is 197 g/mol. The van der Waals surface area contributed by atoms with Crippen molar-refractivity contribution >= 4 is 5.78 Å². The third kappa shape index (κ3) is 3.41. The van der Waals surface area contributed by atoms with Crippen LogP contribution in [0.3, 0.4) is 0 Å². The molecule has 0 saturated heterocycles. The molecule has 82 valence electrons. The molecule has 1 aliphatic rings. The van der Waals surface area contributed by atoms with Crippen LogP contribution in [-0.2, 0) is 4.79 Å². The van der Waals surface area contributed by atoms with Crippen molar-refractivity contribution in [1.82, 2.24) is 4.90 Å². The Bertz CT molecular complexity index is 202. The van der Waals surface area contributed by atoms with E-state index in [1.807, 2.05) is 6.92 Å². The predicted octanol–water partition coefficient (Wildman–Crippen LogP) is 2.19. The minimum atomic E-state index is 0.231. The number of hydrogen-bond acceptors (Lipinski definition) is 2. The van der Waals surface area contributed by atoms with Crippen molar-refractivity contribution in [1.29, 1.82) is 0 Å². The smallest absolute Gasteiger partial charge is 0.149 e. The lowest BCUT2D eigenvalue weighted by Crippen LogP contribution is -2.31. The molecule has 0 amide bonds. The Morgan fingerprint density at radius 1 is 1.57 bits per heavy atom. The van der Waals surface area contributed by atoms with E-state index in [0.29, 0.717) is 12.3 Å². The minimum absolute atomic E-state index is 0.231. The van der Waals surface area contributed by atoms with E-state index in [9.17, 15) is 4.79 Å². The SMILES string of the molecule is CCC(C)C(=O)CN(C)CC1CC1C. The maximum absolute atomic E-state index is 11.6. The Morgan fingerprint density at radius 2 is 2.14 bits per heavy atom. The van der Waals surface area contributed by atoms with Crippen molar-refractivity contribution in [2.75, 3.05) is 20.1 Å². The molecule has 2 nitrogen and oxygen atoms in total. The second-order valence-corrected chi connectivity index (χ2v) is 4.95. The van der Waals surface area contributed by atoms with Gasteiger partial charge >= 0.3 is 0 Å². The van der Waals surface area contributed by atoms with Crippen molar-refractivity contribution in [3.05, 3.63) is 0 Å². The molecule has 0 bridgehead atoms. The monoisotopic (exact) mass is 197 g/mol. The largest absolute Gasteiger partial charge is 0.299 e. The number of carbonyl (C=O) groups is 1. The van der Waals surface area contributed by atoms with Crippen molar-refractivity contribution in [2.24, 2.45) is 17.8 Å². The van der Waals surface area contributed by atoms with E-state index in [-0.39, 0.29) is 5.92 Å². The van der Waals surface area contributed by atoms with Crippen molar-refractivity contribution < 1.29 is 4.79 Å². The second-order valence-electron chi connectivity index (χ2n) is 4.95. The molecule has 0 spiro atoms. The number of likely N-dealkylation sites (N-methyl/N-ethyl adjacent to an activating group) is 1. The second kappa shape index (κ2) is 4.92. The van der Waals surface area contributed by atoms with Crippen molar-refractivity contribution in [3.63, 3.8) is 0 Å². The minimum Gasteiger partial charge on any atom is -0.299 e. The van der Waals surface area contributed by atoms with Crippen LogP contribution in [0.15, 0.2) is 0 Å². The van der Waals surface area contributed by atoms with E-state index in [4.69, 9.17) is 0 Å². The standard InChI is InChI=1S/C12H23NO/c1-5-9(2)12(14)8-13(4)7-11-6-10(11)3/h9-11H,5-8H2,1-4H3. The van der Waals surface area contributed by atoms with Gasteiger partial charge in [-0.1, -0.05) is 20.8 Å². The van der Waals surface area contributed by atoms with Gasteiger partial charge in [0.05, 0.1) is 6.54 Å². The summed E-state index contributed by atoms with van der Waals surface area (Å²) in [5.41, 5.74) is 0. The van der Waals surface area contributed by atoms with Crippen LogP contribution >= 0.6 is 0 Å². The Balaban J connectivity index is 2.19. The van der Waals surface area contributed by atoms with Crippen LogP contribution in [0.5, 0.6) is 0 Å². The Morgan fingerprint density at radius 3 is 2.57 bits per heavy atom. The van der Waals surface area contributed by atoms with Gasteiger partial charge in [0.1, 0.15) is 5.78 Å². The van der Waals surface area contributed by atoms with Crippen LogP contribution in [0.2, 0.25) is 0 Å². The van der Waals surface area contributed by atoms with Crippen LogP contribution in [0.25, 0.3) is 0 Å². The molecule has 1 rings (SSSR count). The normalized spacial score (nSPS) is 27.8. The van der Waals surface area contributed by atoms with Crippen LogP contribution in [0.4, 0.5) is 0 Å². The fourth-order valence-electron chi connectivity index (χ4n) is 1.77. The number of ketones is 1. The summed E-state index contributed by atoms with van der Waals surface area (Å²) >= 11 is 0. The van der Waals surface area contributed by atoms with Crippen molar-refractivity contribution in [3.8, 4) is 0 Å². The van der Waals surface area contributed by atoms with Gasteiger partial charge < -0.3 is 0 Å². The van der Waals surface area contributed by atoms with Gasteiger partial charge in [-0.15, -0.1) is 0 Å². The third-order valence-corrected chi connectivity index (χ3v) is 3.41. The Labute approximate surface area is 87.7 Å². The number of carbonyl (C=O) groups excluding carboxylic acids is 1. The summed E-state index contributed by atoms with van der Waals surface area (Å²) in [5.74, 6) is 2.36. The van der Waals surface area contributed by atoms with E-state index >= 15 is 0 Å². The van der Waals surface area contributed by atoms with E-state index in [1.165, 1.54) is 6.42 Å². The van der Waals surface area contributed by atoms with Gasteiger partial charge in [-0.3, -0.25) is 9.69 Å². The van der Waals surface area contributed by atoms with Gasteiger partial charge in [-0.25, -0.2) is 0 Å². The average Bonchev–Trinajstić information content (AvgIpc) is 2.79. The molecular weight excluding hydrogens is 174 g/mol. The highest BCUT2D eigenvalue weighted by atomic mass is 16.1. The predicted molar refractivity (Wildman–Crippen MR) is 59.2 cm³/mol. The molecule has 0 aromatic heterocycles. The Hall–Kier alpha value is -0.370. The molecule has 1 saturated carbocycles. The first-order valence-electron chi connectivity index (χ1n) is 5.75. The summed E-state index contributed by atoms with van der Waals surface area (Å²) in [5, 5.41) is 0. The molecule has 0 aromatic rings. The summed E-state index contributed by atoms with van der Waals surface area (Å²) in [4.78, 5) is 13.8. The maximum atomic E-state index is 11.6. The molecule has 0 heterocycles. The number of hydrogen-bond donors (Lipinski definition) is 0. The quantitative estimate of drug-likeness (QED) is 0.650. The van der Waals surface area contributed by atoms with E-state index in [0.717, 1.165) is 24.8 Å². The number of Topliss-reactive ketones (excluding diaryl/α,β-unsaturated/α-hetero) is 1. The summed E-state index contributed by atoms with van der Waals surface area (Å²) in [7, 11) is 2.06. The fourth-order valence-corrected chi connectivity index (χ4v) is 1.77. The van der Waals surface area contributed by atoms with Crippen LogP contribution in [-0.4, -0.2) is 30.8 Å². The van der Waals surface area contributed by atoms with Crippen LogP contribution in [0, 0.1) is 17.8 Å². The van der Waals surface area contributed by atoms with Gasteiger partial charge in [0.25, 0.3) is 0 Å². The lowest BCUT2D eigenvalue weighted by Gasteiger charge is -2.17. The first-order valence-corrected chi connectivity index (χ1v) is 5.75. The molecule has 14 heavy (non-hydrogen) atoms. The zero-order valence-electron chi connectivity index (χ0n) is 9.92. The van der Waals surface area contributed by atoms with Gasteiger partial charge in [-0.05, 0) is 31.7 Å². The molecule has 0 radical (unpaired) electrons. The highest BCUT2D eigenvalue weighted by Crippen LogP contribution is 2.37. The lowest BCUT2D eigenvalue weighted by molar-refractivity contribution is -0.123. The van der Waals surface area contributed by atoms with E-state index < -0.39 is 0 Å². The zero-order valence-corrected chi connectivity index (χ0v) is 9.92. The number of nitrogens with zero attached hydrogens (tertiary/aromatic N) is 1. The third-order valence-electron chi connectivity index (χ3n) is 3.41. The topological polar surface area (TPSA) is 20.3 Å². The summed E-state index contributed by atoms with van der Waals surface area (Å²) < 4.78 is 0. The van der Waals surface area contributed by atoms with Gasteiger partial charge in [0.2, 0.25) is 0 Å². The summed E-state index contributed by atoms with van der Waals surface area (Å²) in [6.45, 7) is 8.12. The van der Waals surface area contributed by atoms with Crippen LogP contribution in [0.1, 0.15) is 33.6 Å². The maximum Gasteiger partial charge on any atom is 0.149 e. The van der Waals surface area contributed by atoms with Gasteiger partial charge in [0, 0.05) is 12.5 Å². The first-order chi connectivity index (χ1) is 6.54. The first kappa shape index (κ1) is 11.7. The molecule has 0 aliphatic heterocycles. The van der Waals surface area contributed by atoms with E-state index in [2.05, 4.69) is 25.8 Å². The van der Waals surface area contributed by atoms with Gasteiger partial charge in [0.15, 0.2) is 0 Å². The molecule has 1 aliphatic carbocycles. The van der Waals surface area contributed by atoms with Crippen molar-refractivity contribution in [2.45, 2.75) is 33.6 Å². The molecule has 0 N–H and O–H groups in total. The molecule has 2 heteroatoms. The zero-order chi connectivity index (χ0) is 10.7. The molecule has 0 aromatic carbocycles. The molecule has 3 atom stereocenters. The molecule has 1 fully saturated rings. The molecular formula is C12H23NO. The molecule has 3 unspecified atom stereocenters. The van der Waals surface area contributed by atoms with Crippen LogP contribution < -0.4 is 0 Å². The summed E-state index contributed by atoms with van der Waals surface area (Å²) in [6, 6.07) is 0. The van der Waals surface area contributed by atoms with E-state index in [1.54, 1.807) is 0 Å².